The summed E-state index contributed by atoms with van der Waals surface area (Å²) in [5, 5.41) is -0.271. The van der Waals surface area contributed by atoms with Crippen LogP contribution in [0.4, 0.5) is 0 Å². The van der Waals surface area contributed by atoms with Crippen molar-refractivity contribution in [2.24, 2.45) is 11.8 Å². The highest BCUT2D eigenvalue weighted by Gasteiger charge is 2.45. The van der Waals surface area contributed by atoms with Gasteiger partial charge in [-0.05, 0) is 19.3 Å². The predicted octanol–water partition coefficient (Wildman–Crippen LogP) is 5.75. The zero-order valence-corrected chi connectivity index (χ0v) is 12.8. The first-order chi connectivity index (χ1) is 6.62. The van der Waals surface area contributed by atoms with Crippen LogP contribution in [-0.2, 0) is 0 Å². The molecule has 1 rings (SSSR count). The van der Waals surface area contributed by atoms with Gasteiger partial charge in [0.15, 0.2) is 7.59 Å². The Bertz CT molecular complexity index is 216. The summed E-state index contributed by atoms with van der Waals surface area (Å²) in [5.41, 5.74) is 0. The highest BCUT2D eigenvalue weighted by molar-refractivity contribution is 6.68. The maximum absolute atomic E-state index is 6.14. The summed E-state index contributed by atoms with van der Waals surface area (Å²) in [4.78, 5) is 0. The fraction of sp³-hybridized carbons (Fsp3) is 1.00. The monoisotopic (exact) mass is 350 g/mol. The van der Waals surface area contributed by atoms with E-state index in [1.54, 1.807) is 0 Å². The molecule has 0 bridgehead atoms. The molecule has 1 aliphatic rings. The molecule has 7 heteroatoms. The van der Waals surface area contributed by atoms with Crippen LogP contribution < -0.4 is 0 Å². The van der Waals surface area contributed by atoms with Crippen LogP contribution in [-0.4, -0.2) is 13.0 Å². The molecule has 0 nitrogen and oxygen atoms in total. The largest absolute Gasteiger partial charge is 0.194 e. The van der Waals surface area contributed by atoms with Gasteiger partial charge in [-0.2, -0.15) is 0 Å². The van der Waals surface area contributed by atoms with Crippen molar-refractivity contribution < 1.29 is 0 Å². The van der Waals surface area contributed by atoms with Gasteiger partial charge in [-0.3, -0.25) is 0 Å². The molecule has 0 aromatic heterocycles. The van der Waals surface area contributed by atoms with Crippen LogP contribution in [0.5, 0.6) is 0 Å². The molecule has 3 unspecified atom stereocenters. The van der Waals surface area contributed by atoms with E-state index in [-0.39, 0.29) is 17.2 Å². The minimum atomic E-state index is -1.34. The summed E-state index contributed by atoms with van der Waals surface area (Å²) in [6.45, 7) is 0. The van der Waals surface area contributed by atoms with Gasteiger partial charge in [0.05, 0.1) is 0 Å². The summed E-state index contributed by atoms with van der Waals surface area (Å²) in [5.74, 6) is -0.263. The van der Waals surface area contributed by atoms with Crippen molar-refractivity contribution >= 4 is 81.2 Å². The van der Waals surface area contributed by atoms with Gasteiger partial charge in [0, 0.05) is 17.2 Å². The second-order valence-corrected chi connectivity index (χ2v) is 9.01. The molecule has 0 amide bonds. The molecule has 0 aromatic rings. The van der Waals surface area contributed by atoms with Crippen molar-refractivity contribution in [1.29, 1.82) is 0 Å². The van der Waals surface area contributed by atoms with E-state index in [1.807, 2.05) is 0 Å². The lowest BCUT2D eigenvalue weighted by Crippen LogP contribution is -2.38. The summed E-state index contributed by atoms with van der Waals surface area (Å²) in [6.07, 6.45) is 1.91. The Labute approximate surface area is 124 Å². The van der Waals surface area contributed by atoms with Crippen molar-refractivity contribution in [3.8, 4) is 0 Å². The SMILES string of the molecule is ClC1CC(C(Cl)(Cl)Cl)CCC1C(Cl)(Cl)Cl. The summed E-state index contributed by atoms with van der Waals surface area (Å²) in [7, 11) is 0. The molecule has 0 saturated heterocycles. The van der Waals surface area contributed by atoms with Crippen molar-refractivity contribution in [2.75, 3.05) is 0 Å². The molecule has 0 radical (unpaired) electrons. The third kappa shape index (κ3) is 4.32. The Hall–Kier alpha value is 2.03. The lowest BCUT2D eigenvalue weighted by molar-refractivity contribution is 0.285. The Balaban J connectivity index is 2.64. The Morgan fingerprint density at radius 2 is 1.33 bits per heavy atom. The van der Waals surface area contributed by atoms with E-state index in [2.05, 4.69) is 0 Å². The van der Waals surface area contributed by atoms with Crippen LogP contribution in [0.15, 0.2) is 0 Å². The van der Waals surface area contributed by atoms with E-state index in [0.29, 0.717) is 19.3 Å². The van der Waals surface area contributed by atoms with Crippen LogP contribution in [0, 0.1) is 11.8 Å². The summed E-state index contributed by atoms with van der Waals surface area (Å²) >= 11 is 41.0. The van der Waals surface area contributed by atoms with Gasteiger partial charge < -0.3 is 0 Å². The molecule has 1 fully saturated rings. The fourth-order valence-electron chi connectivity index (χ4n) is 1.78. The standard InChI is InChI=1S/C8H9Cl7/c9-6-3-4(7(10,11)12)1-2-5(6)8(13,14)15/h4-6H,1-3H2. The average molecular weight is 353 g/mol. The minimum absolute atomic E-state index is 0.0754. The molecule has 3 atom stereocenters. The highest BCUT2D eigenvalue weighted by atomic mass is 35.6. The van der Waals surface area contributed by atoms with E-state index >= 15 is 0 Å². The average Bonchev–Trinajstić information content (AvgIpc) is 1.99. The highest BCUT2D eigenvalue weighted by Crippen LogP contribution is 2.51. The Morgan fingerprint density at radius 3 is 1.67 bits per heavy atom. The van der Waals surface area contributed by atoms with E-state index in [1.165, 1.54) is 0 Å². The molecule has 90 valence electrons. The second kappa shape index (κ2) is 5.34. The van der Waals surface area contributed by atoms with Gasteiger partial charge in [0.1, 0.15) is 0 Å². The molecule has 0 N–H and O–H groups in total. The third-order valence-corrected chi connectivity index (χ3v) is 4.90. The van der Waals surface area contributed by atoms with E-state index in [4.69, 9.17) is 81.2 Å². The van der Waals surface area contributed by atoms with Crippen LogP contribution in [0.25, 0.3) is 0 Å². The maximum Gasteiger partial charge on any atom is 0.194 e. The molecule has 1 saturated carbocycles. The summed E-state index contributed by atoms with van der Waals surface area (Å²) < 4.78 is -2.63. The molecule has 0 aliphatic heterocycles. The lowest BCUT2D eigenvalue weighted by atomic mass is 9.83. The summed E-state index contributed by atoms with van der Waals surface area (Å²) in [6, 6.07) is 0. The van der Waals surface area contributed by atoms with Crippen LogP contribution in [0.3, 0.4) is 0 Å². The molecular formula is C8H9Cl7. The quantitative estimate of drug-likeness (QED) is 0.487. The van der Waals surface area contributed by atoms with E-state index in [0.717, 1.165) is 0 Å². The van der Waals surface area contributed by atoms with Gasteiger partial charge in [0.25, 0.3) is 0 Å². The number of halogens is 7. The molecule has 0 spiro atoms. The normalized spacial score (nSPS) is 34.2. The van der Waals surface area contributed by atoms with Gasteiger partial charge in [-0.15, -0.1) is 11.6 Å². The number of alkyl halides is 7. The zero-order valence-electron chi connectivity index (χ0n) is 7.50. The first kappa shape index (κ1) is 15.1. The first-order valence-corrected chi connectivity index (χ1v) is 7.10. The smallest absolute Gasteiger partial charge is 0.123 e. The van der Waals surface area contributed by atoms with Crippen LogP contribution in [0.1, 0.15) is 19.3 Å². The number of hydrogen-bond donors (Lipinski definition) is 0. The van der Waals surface area contributed by atoms with Gasteiger partial charge in [-0.1, -0.05) is 69.6 Å². The van der Waals surface area contributed by atoms with Crippen LogP contribution in [0.2, 0.25) is 0 Å². The Kier molecular flexibility index (Phi) is 5.38. The number of hydrogen-bond acceptors (Lipinski definition) is 0. The topological polar surface area (TPSA) is 0 Å². The van der Waals surface area contributed by atoms with Crippen molar-refractivity contribution in [3.05, 3.63) is 0 Å². The van der Waals surface area contributed by atoms with Gasteiger partial charge in [0.2, 0.25) is 0 Å². The second-order valence-electron chi connectivity index (χ2n) is 3.72. The lowest BCUT2D eigenvalue weighted by Gasteiger charge is -2.38. The van der Waals surface area contributed by atoms with Gasteiger partial charge in [-0.25, -0.2) is 0 Å². The molecule has 15 heavy (non-hydrogen) atoms. The van der Waals surface area contributed by atoms with Crippen LogP contribution >= 0.6 is 81.2 Å². The molecular weight excluding hydrogens is 344 g/mol. The third-order valence-electron chi connectivity index (χ3n) is 2.66. The van der Waals surface area contributed by atoms with Crippen molar-refractivity contribution in [1.82, 2.24) is 0 Å². The van der Waals surface area contributed by atoms with Gasteiger partial charge >= 0.3 is 0 Å². The molecule has 0 aromatic carbocycles. The maximum atomic E-state index is 6.14. The van der Waals surface area contributed by atoms with Crippen molar-refractivity contribution in [3.63, 3.8) is 0 Å². The zero-order chi connectivity index (χ0) is 11.9. The Morgan fingerprint density at radius 1 is 0.800 bits per heavy atom. The van der Waals surface area contributed by atoms with Crippen molar-refractivity contribution in [2.45, 2.75) is 32.2 Å². The fourth-order valence-corrected chi connectivity index (χ4v) is 3.88. The molecule has 0 heterocycles. The first-order valence-electron chi connectivity index (χ1n) is 4.40. The van der Waals surface area contributed by atoms with E-state index in [9.17, 15) is 0 Å². The van der Waals surface area contributed by atoms with E-state index < -0.39 is 7.59 Å². The molecule has 1 aliphatic carbocycles. The predicted molar refractivity (Wildman–Crippen MR) is 71.1 cm³/mol. The minimum Gasteiger partial charge on any atom is -0.123 e. The number of rotatable bonds is 0.